The molecule has 0 saturated carbocycles. The molecule has 1 fully saturated rings. The van der Waals surface area contributed by atoms with Gasteiger partial charge >= 0.3 is 0 Å². The van der Waals surface area contributed by atoms with E-state index in [1.165, 1.54) is 10.5 Å². The third-order valence-corrected chi connectivity index (χ3v) is 5.79. The highest BCUT2D eigenvalue weighted by molar-refractivity contribution is 5.53. The number of piperazine rings is 1. The van der Waals surface area contributed by atoms with Crippen molar-refractivity contribution in [2.45, 2.75) is 19.3 Å². The lowest BCUT2D eigenvalue weighted by molar-refractivity contribution is -1.02. The van der Waals surface area contributed by atoms with Gasteiger partial charge < -0.3 is 33.9 Å². The maximum Gasteiger partial charge on any atom is 0.203 e. The predicted octanol–water partition coefficient (Wildman–Crippen LogP) is -0.426. The zero-order valence-electron chi connectivity index (χ0n) is 18.9. The fraction of sp³-hybridized carbons (Fsp3) is 0.500. The first-order chi connectivity index (χ1) is 15.1. The Labute approximate surface area is 185 Å². The van der Waals surface area contributed by atoms with E-state index in [1.807, 2.05) is 12.1 Å². The molecule has 0 aromatic heterocycles. The standard InChI is InChI=1S/C24H34N2O5/c1-28-22-13-20(14-23(29-2)24(22)30-3)17-31-18-21(27)16-26-11-9-25(10-12-26)15-19-7-5-4-6-8-19/h4-8,13-14,21,27H,9-12,15-18H2,1-3H3/p+2/t21-/m1/s1. The molecule has 7 nitrogen and oxygen atoms in total. The fourth-order valence-corrected chi connectivity index (χ4v) is 4.15. The lowest BCUT2D eigenvalue weighted by atomic mass is 10.2. The van der Waals surface area contributed by atoms with Crippen molar-refractivity contribution in [1.29, 1.82) is 0 Å². The molecule has 3 rings (SSSR count). The van der Waals surface area contributed by atoms with Gasteiger partial charge in [-0.3, -0.25) is 0 Å². The van der Waals surface area contributed by atoms with Gasteiger partial charge in [0.2, 0.25) is 5.75 Å². The van der Waals surface area contributed by atoms with Crippen molar-refractivity contribution in [3.05, 3.63) is 53.6 Å². The second-order valence-electron chi connectivity index (χ2n) is 8.07. The number of nitrogens with one attached hydrogen (secondary N) is 2. The largest absolute Gasteiger partial charge is 0.493 e. The Hall–Kier alpha value is -2.32. The molecule has 2 aromatic rings. The van der Waals surface area contributed by atoms with E-state index in [1.54, 1.807) is 26.2 Å². The molecule has 0 bridgehead atoms. The quantitative estimate of drug-likeness (QED) is 0.450. The lowest BCUT2D eigenvalue weighted by Crippen LogP contribution is -3.28. The van der Waals surface area contributed by atoms with Gasteiger partial charge in [0.05, 0.1) is 34.5 Å². The molecular weight excluding hydrogens is 396 g/mol. The second kappa shape index (κ2) is 11.9. The summed E-state index contributed by atoms with van der Waals surface area (Å²) < 4.78 is 21.9. The molecule has 0 amide bonds. The van der Waals surface area contributed by atoms with Gasteiger partial charge in [0, 0.05) is 5.56 Å². The van der Waals surface area contributed by atoms with Crippen LogP contribution in [-0.2, 0) is 17.9 Å². The van der Waals surface area contributed by atoms with E-state index in [-0.39, 0.29) is 0 Å². The first kappa shape index (κ1) is 23.3. The number of rotatable bonds is 11. The van der Waals surface area contributed by atoms with Crippen LogP contribution in [-0.4, -0.2) is 71.9 Å². The summed E-state index contributed by atoms with van der Waals surface area (Å²) in [5.41, 5.74) is 2.30. The molecule has 1 heterocycles. The summed E-state index contributed by atoms with van der Waals surface area (Å²) in [5, 5.41) is 10.4. The SMILES string of the molecule is COc1cc(COC[C@H](O)C[NH+]2CC[NH+](Cc3ccccc3)CC2)cc(OC)c1OC. The van der Waals surface area contributed by atoms with Crippen molar-refractivity contribution in [3.8, 4) is 17.2 Å². The number of aliphatic hydroxyl groups is 1. The maximum absolute atomic E-state index is 10.4. The Morgan fingerprint density at radius 3 is 2.03 bits per heavy atom. The molecule has 1 aliphatic rings. The normalized spacial score (nSPS) is 19.6. The molecule has 2 aromatic carbocycles. The molecule has 3 N–H and O–H groups in total. The summed E-state index contributed by atoms with van der Waals surface area (Å²) in [7, 11) is 4.77. The number of quaternary nitrogens is 2. The monoisotopic (exact) mass is 432 g/mol. The highest BCUT2D eigenvalue weighted by Gasteiger charge is 2.25. The average Bonchev–Trinajstić information content (AvgIpc) is 2.80. The zero-order chi connectivity index (χ0) is 22.1. The van der Waals surface area contributed by atoms with Crippen molar-refractivity contribution in [1.82, 2.24) is 0 Å². The minimum absolute atomic E-state index is 0.306. The van der Waals surface area contributed by atoms with E-state index >= 15 is 0 Å². The van der Waals surface area contributed by atoms with Gasteiger partial charge in [0.25, 0.3) is 0 Å². The lowest BCUT2D eigenvalue weighted by Gasteiger charge is -2.30. The van der Waals surface area contributed by atoms with E-state index in [0.717, 1.165) is 38.3 Å². The molecule has 0 spiro atoms. The average molecular weight is 433 g/mol. The number of benzene rings is 2. The molecule has 7 heteroatoms. The molecule has 1 atom stereocenters. The van der Waals surface area contributed by atoms with Crippen molar-refractivity contribution in [2.24, 2.45) is 0 Å². The van der Waals surface area contributed by atoms with E-state index in [4.69, 9.17) is 18.9 Å². The summed E-state index contributed by atoms with van der Waals surface area (Å²) in [5.74, 6) is 1.76. The van der Waals surface area contributed by atoms with Gasteiger partial charge in [-0.25, -0.2) is 0 Å². The number of hydrogen-bond acceptors (Lipinski definition) is 5. The minimum Gasteiger partial charge on any atom is -0.493 e. The Bertz CT molecular complexity index is 769. The number of ether oxygens (including phenoxy) is 4. The zero-order valence-corrected chi connectivity index (χ0v) is 18.9. The smallest absolute Gasteiger partial charge is 0.203 e. The van der Waals surface area contributed by atoms with E-state index in [9.17, 15) is 5.11 Å². The summed E-state index contributed by atoms with van der Waals surface area (Å²) in [6.07, 6.45) is -0.479. The molecular formula is C24H36N2O5+2. The van der Waals surface area contributed by atoms with E-state index in [0.29, 0.717) is 37.0 Å². The Balaban J connectivity index is 1.39. The van der Waals surface area contributed by atoms with Crippen LogP contribution in [0.25, 0.3) is 0 Å². The van der Waals surface area contributed by atoms with Crippen molar-refractivity contribution < 1.29 is 33.9 Å². The first-order valence-electron chi connectivity index (χ1n) is 10.9. The topological polar surface area (TPSA) is 66.0 Å². The summed E-state index contributed by atoms with van der Waals surface area (Å²) in [6, 6.07) is 14.4. The van der Waals surface area contributed by atoms with Crippen LogP contribution < -0.4 is 24.0 Å². The Morgan fingerprint density at radius 1 is 0.839 bits per heavy atom. The maximum atomic E-state index is 10.4. The fourth-order valence-electron chi connectivity index (χ4n) is 4.15. The van der Waals surface area contributed by atoms with Crippen LogP contribution in [0.1, 0.15) is 11.1 Å². The first-order valence-corrected chi connectivity index (χ1v) is 10.9. The highest BCUT2D eigenvalue weighted by atomic mass is 16.5. The van der Waals surface area contributed by atoms with Crippen LogP contribution in [0.15, 0.2) is 42.5 Å². The molecule has 0 radical (unpaired) electrons. The number of hydrogen-bond donors (Lipinski definition) is 3. The van der Waals surface area contributed by atoms with Crippen molar-refractivity contribution in [3.63, 3.8) is 0 Å². The number of methoxy groups -OCH3 is 3. The second-order valence-corrected chi connectivity index (χ2v) is 8.07. The third-order valence-electron chi connectivity index (χ3n) is 5.79. The van der Waals surface area contributed by atoms with Crippen molar-refractivity contribution >= 4 is 0 Å². The van der Waals surface area contributed by atoms with Gasteiger partial charge in [0.15, 0.2) is 11.5 Å². The molecule has 0 unspecified atom stereocenters. The van der Waals surface area contributed by atoms with Gasteiger partial charge in [0.1, 0.15) is 45.4 Å². The molecule has 31 heavy (non-hydrogen) atoms. The predicted molar refractivity (Wildman–Crippen MR) is 118 cm³/mol. The van der Waals surface area contributed by atoms with Crippen LogP contribution in [0, 0.1) is 0 Å². The van der Waals surface area contributed by atoms with Crippen molar-refractivity contribution in [2.75, 3.05) is 60.7 Å². The Kier molecular flexibility index (Phi) is 8.97. The van der Waals surface area contributed by atoms with Gasteiger partial charge in [-0.15, -0.1) is 0 Å². The number of aliphatic hydroxyl groups excluding tert-OH is 1. The Morgan fingerprint density at radius 2 is 1.45 bits per heavy atom. The van der Waals surface area contributed by atoms with Gasteiger partial charge in [-0.2, -0.15) is 0 Å². The molecule has 1 aliphatic heterocycles. The van der Waals surface area contributed by atoms with Crippen LogP contribution in [0.5, 0.6) is 17.2 Å². The summed E-state index contributed by atoms with van der Waals surface area (Å²) in [4.78, 5) is 3.06. The van der Waals surface area contributed by atoms with E-state index in [2.05, 4.69) is 30.3 Å². The molecule has 1 saturated heterocycles. The van der Waals surface area contributed by atoms with E-state index < -0.39 is 6.10 Å². The summed E-state index contributed by atoms with van der Waals surface area (Å²) >= 11 is 0. The highest BCUT2D eigenvalue weighted by Crippen LogP contribution is 2.38. The van der Waals surface area contributed by atoms with Gasteiger partial charge in [-0.1, -0.05) is 30.3 Å². The minimum atomic E-state index is -0.479. The van der Waals surface area contributed by atoms with Crippen LogP contribution in [0.3, 0.4) is 0 Å². The molecule has 0 aliphatic carbocycles. The van der Waals surface area contributed by atoms with Crippen LogP contribution >= 0.6 is 0 Å². The summed E-state index contributed by atoms with van der Waals surface area (Å²) in [6.45, 7) is 6.88. The third kappa shape index (κ3) is 6.83. The molecule has 170 valence electrons. The van der Waals surface area contributed by atoms with Crippen LogP contribution in [0.4, 0.5) is 0 Å². The van der Waals surface area contributed by atoms with Gasteiger partial charge in [-0.05, 0) is 17.7 Å². The van der Waals surface area contributed by atoms with Crippen LogP contribution in [0.2, 0.25) is 0 Å².